The van der Waals surface area contributed by atoms with Gasteiger partial charge in [0.2, 0.25) is 11.7 Å². The first-order valence-electron chi connectivity index (χ1n) is 4.82. The Morgan fingerprint density at radius 3 is 2.76 bits per heavy atom. The Labute approximate surface area is 105 Å². The monoisotopic (exact) mass is 299 g/mol. The summed E-state index contributed by atoms with van der Waals surface area (Å²) in [5, 5.41) is 0. The smallest absolute Gasteiger partial charge is 0.234 e. The lowest BCUT2D eigenvalue weighted by atomic mass is 10.3. The molecule has 0 spiro atoms. The van der Waals surface area contributed by atoms with Gasteiger partial charge in [-0.2, -0.15) is 4.39 Å². The molecule has 0 aliphatic heterocycles. The molecule has 88 valence electrons. The van der Waals surface area contributed by atoms with Crippen molar-refractivity contribution in [1.29, 1.82) is 0 Å². The van der Waals surface area contributed by atoms with Crippen LogP contribution in [0.25, 0.3) is 0 Å². The largest absolute Gasteiger partial charge is 0.435 e. The number of halogens is 3. The lowest BCUT2D eigenvalue weighted by Gasteiger charge is -2.08. The lowest BCUT2D eigenvalue weighted by Crippen LogP contribution is -1.94. The molecule has 1 aromatic heterocycles. The molecule has 0 radical (unpaired) electrons. The van der Waals surface area contributed by atoms with Crippen molar-refractivity contribution in [2.75, 3.05) is 0 Å². The molecular formula is C12H8BrF2NO. The summed E-state index contributed by atoms with van der Waals surface area (Å²) >= 11 is 3.28. The number of hydrogen-bond acceptors (Lipinski definition) is 2. The number of benzene rings is 1. The van der Waals surface area contributed by atoms with Gasteiger partial charge in [-0.25, -0.2) is 9.37 Å². The van der Waals surface area contributed by atoms with E-state index in [1.54, 1.807) is 6.07 Å². The Balaban J connectivity index is 2.38. The second-order valence-electron chi connectivity index (χ2n) is 3.40. The number of hydrogen-bond donors (Lipinski definition) is 0. The van der Waals surface area contributed by atoms with E-state index in [2.05, 4.69) is 20.9 Å². The number of rotatable bonds is 2. The maximum atomic E-state index is 13.4. The van der Waals surface area contributed by atoms with E-state index in [0.29, 0.717) is 4.47 Å². The SMILES string of the molecule is Cc1ccnc(Oc2cccc(F)c2F)c1Br. The van der Waals surface area contributed by atoms with Gasteiger partial charge in [-0.15, -0.1) is 0 Å². The van der Waals surface area contributed by atoms with Gasteiger partial charge in [-0.05, 0) is 46.6 Å². The molecule has 0 atom stereocenters. The van der Waals surface area contributed by atoms with Gasteiger partial charge in [0, 0.05) is 6.20 Å². The van der Waals surface area contributed by atoms with Gasteiger partial charge in [0.15, 0.2) is 11.6 Å². The van der Waals surface area contributed by atoms with Crippen LogP contribution in [0.3, 0.4) is 0 Å². The van der Waals surface area contributed by atoms with E-state index >= 15 is 0 Å². The Morgan fingerprint density at radius 1 is 1.24 bits per heavy atom. The number of pyridine rings is 1. The second-order valence-corrected chi connectivity index (χ2v) is 4.19. The number of ether oxygens (including phenoxy) is 1. The molecule has 0 N–H and O–H groups in total. The third kappa shape index (κ3) is 2.44. The zero-order valence-electron chi connectivity index (χ0n) is 8.88. The molecule has 0 saturated carbocycles. The van der Waals surface area contributed by atoms with Crippen LogP contribution in [-0.4, -0.2) is 4.98 Å². The molecule has 2 nitrogen and oxygen atoms in total. The predicted octanol–water partition coefficient (Wildman–Crippen LogP) is 4.22. The molecule has 0 aliphatic carbocycles. The Morgan fingerprint density at radius 2 is 2.00 bits per heavy atom. The van der Waals surface area contributed by atoms with Crippen LogP contribution in [-0.2, 0) is 0 Å². The molecule has 1 heterocycles. The fourth-order valence-electron chi connectivity index (χ4n) is 1.25. The van der Waals surface area contributed by atoms with Gasteiger partial charge in [0.1, 0.15) is 0 Å². The van der Waals surface area contributed by atoms with E-state index in [1.807, 2.05) is 6.92 Å². The molecular weight excluding hydrogens is 292 g/mol. The third-order valence-corrected chi connectivity index (χ3v) is 3.14. The van der Waals surface area contributed by atoms with E-state index in [9.17, 15) is 8.78 Å². The van der Waals surface area contributed by atoms with Crippen LogP contribution in [0.2, 0.25) is 0 Å². The summed E-state index contributed by atoms with van der Waals surface area (Å²) in [5.74, 6) is -1.97. The minimum atomic E-state index is -1.03. The molecule has 2 aromatic rings. The van der Waals surface area contributed by atoms with Crippen LogP contribution in [0.5, 0.6) is 11.6 Å². The van der Waals surface area contributed by atoms with Crippen molar-refractivity contribution in [3.05, 3.63) is 52.1 Å². The Hall–Kier alpha value is -1.49. The lowest BCUT2D eigenvalue weighted by molar-refractivity contribution is 0.403. The average molecular weight is 300 g/mol. The molecule has 1 aromatic carbocycles. The highest BCUT2D eigenvalue weighted by Crippen LogP contribution is 2.31. The van der Waals surface area contributed by atoms with E-state index in [-0.39, 0.29) is 11.6 Å². The summed E-state index contributed by atoms with van der Waals surface area (Å²) in [6, 6.07) is 5.52. The Kier molecular flexibility index (Phi) is 3.38. The summed E-state index contributed by atoms with van der Waals surface area (Å²) in [5.41, 5.74) is 0.895. The fourth-order valence-corrected chi connectivity index (χ4v) is 1.57. The van der Waals surface area contributed by atoms with Crippen molar-refractivity contribution in [3.63, 3.8) is 0 Å². The van der Waals surface area contributed by atoms with Gasteiger partial charge in [0.25, 0.3) is 0 Å². The summed E-state index contributed by atoms with van der Waals surface area (Å²) in [6.45, 7) is 1.85. The summed E-state index contributed by atoms with van der Waals surface area (Å²) in [6.07, 6.45) is 1.53. The molecule has 0 saturated heterocycles. The minimum Gasteiger partial charge on any atom is -0.435 e. The Bertz CT molecular complexity index is 511. The summed E-state index contributed by atoms with van der Waals surface area (Å²) < 4.78 is 32.2. The standard InChI is InChI=1S/C12H8BrF2NO/c1-7-5-6-16-12(10(7)13)17-9-4-2-3-8(14)11(9)15/h2-6H,1H3. The molecule has 0 amide bonds. The van der Waals surface area contributed by atoms with Crippen LogP contribution in [0.4, 0.5) is 8.78 Å². The van der Waals surface area contributed by atoms with Crippen molar-refractivity contribution in [3.8, 4) is 11.6 Å². The van der Waals surface area contributed by atoms with Gasteiger partial charge in [0.05, 0.1) is 4.47 Å². The van der Waals surface area contributed by atoms with Crippen LogP contribution in [0.15, 0.2) is 34.9 Å². The topological polar surface area (TPSA) is 22.1 Å². The molecule has 5 heteroatoms. The van der Waals surface area contributed by atoms with Crippen LogP contribution in [0, 0.1) is 18.6 Å². The fraction of sp³-hybridized carbons (Fsp3) is 0.0833. The van der Waals surface area contributed by atoms with Crippen LogP contribution < -0.4 is 4.74 Å². The highest BCUT2D eigenvalue weighted by Gasteiger charge is 2.12. The molecule has 0 aliphatic rings. The highest BCUT2D eigenvalue weighted by atomic mass is 79.9. The van der Waals surface area contributed by atoms with Gasteiger partial charge < -0.3 is 4.74 Å². The van der Waals surface area contributed by atoms with Gasteiger partial charge in [-0.3, -0.25) is 0 Å². The first-order valence-corrected chi connectivity index (χ1v) is 5.62. The van der Waals surface area contributed by atoms with Gasteiger partial charge in [-0.1, -0.05) is 6.07 Å². The van der Waals surface area contributed by atoms with Crippen molar-refractivity contribution in [2.45, 2.75) is 6.92 Å². The molecule has 0 bridgehead atoms. The summed E-state index contributed by atoms with van der Waals surface area (Å²) in [7, 11) is 0. The minimum absolute atomic E-state index is 0.191. The van der Waals surface area contributed by atoms with E-state index in [0.717, 1.165) is 11.6 Å². The molecule has 0 fully saturated rings. The molecule has 0 unspecified atom stereocenters. The third-order valence-electron chi connectivity index (χ3n) is 2.17. The van der Waals surface area contributed by atoms with E-state index in [4.69, 9.17) is 4.74 Å². The van der Waals surface area contributed by atoms with E-state index < -0.39 is 11.6 Å². The maximum Gasteiger partial charge on any atom is 0.234 e. The number of aromatic nitrogens is 1. The second kappa shape index (κ2) is 4.79. The maximum absolute atomic E-state index is 13.4. The zero-order chi connectivity index (χ0) is 12.4. The zero-order valence-corrected chi connectivity index (χ0v) is 10.5. The normalized spacial score (nSPS) is 10.4. The van der Waals surface area contributed by atoms with Crippen molar-refractivity contribution >= 4 is 15.9 Å². The first-order chi connectivity index (χ1) is 8.09. The number of aryl methyl sites for hydroxylation is 1. The van der Waals surface area contributed by atoms with Crippen molar-refractivity contribution in [2.24, 2.45) is 0 Å². The predicted molar refractivity (Wildman–Crippen MR) is 63.1 cm³/mol. The van der Waals surface area contributed by atoms with E-state index in [1.165, 1.54) is 18.3 Å². The first kappa shape index (κ1) is 12.0. The number of nitrogens with zero attached hydrogens (tertiary/aromatic N) is 1. The van der Waals surface area contributed by atoms with Crippen molar-refractivity contribution in [1.82, 2.24) is 4.98 Å². The average Bonchev–Trinajstić information content (AvgIpc) is 2.31. The quantitative estimate of drug-likeness (QED) is 0.828. The molecule has 17 heavy (non-hydrogen) atoms. The van der Waals surface area contributed by atoms with Crippen LogP contribution in [0.1, 0.15) is 5.56 Å². The van der Waals surface area contributed by atoms with Gasteiger partial charge >= 0.3 is 0 Å². The van der Waals surface area contributed by atoms with Crippen LogP contribution >= 0.6 is 15.9 Å². The molecule has 2 rings (SSSR count). The van der Waals surface area contributed by atoms with Crippen molar-refractivity contribution < 1.29 is 13.5 Å². The highest BCUT2D eigenvalue weighted by molar-refractivity contribution is 9.10. The summed E-state index contributed by atoms with van der Waals surface area (Å²) in [4.78, 5) is 3.95.